The Kier molecular flexibility index (Phi) is 9.36. The number of aliphatic imine (C=N–C) groups is 1. The number of benzene rings is 1. The van der Waals surface area contributed by atoms with E-state index in [4.69, 9.17) is 0 Å². The zero-order chi connectivity index (χ0) is 16.5. The Bertz CT molecular complexity index is 611. The van der Waals surface area contributed by atoms with Crippen molar-refractivity contribution in [1.82, 2.24) is 25.4 Å². The molecule has 0 bridgehead atoms. The minimum absolute atomic E-state index is 0. The molecule has 1 heterocycles. The maximum atomic E-state index is 4.56. The quantitative estimate of drug-likeness (QED) is 0.393. The lowest BCUT2D eigenvalue weighted by molar-refractivity contribution is 0.649. The Morgan fingerprint density at radius 3 is 2.62 bits per heavy atom. The summed E-state index contributed by atoms with van der Waals surface area (Å²) in [6.45, 7) is 6.53. The van der Waals surface area contributed by atoms with Crippen LogP contribution in [0.4, 0.5) is 0 Å². The molecular weight excluding hydrogens is 415 g/mol. The van der Waals surface area contributed by atoms with E-state index in [0.717, 1.165) is 31.3 Å². The van der Waals surface area contributed by atoms with Crippen LogP contribution in [0.15, 0.2) is 41.7 Å². The second kappa shape index (κ2) is 11.0. The van der Waals surface area contributed by atoms with Crippen molar-refractivity contribution in [2.45, 2.75) is 32.7 Å². The van der Waals surface area contributed by atoms with Gasteiger partial charge >= 0.3 is 0 Å². The van der Waals surface area contributed by atoms with Crippen LogP contribution in [0.25, 0.3) is 0 Å². The third-order valence-corrected chi connectivity index (χ3v) is 3.77. The molecule has 0 aliphatic heterocycles. The molecule has 2 aromatic rings. The fourth-order valence-electron chi connectivity index (χ4n) is 2.31. The Labute approximate surface area is 161 Å². The van der Waals surface area contributed by atoms with Crippen LogP contribution in [0.2, 0.25) is 0 Å². The monoisotopic (exact) mass is 442 g/mol. The Balaban J connectivity index is 0.00000288. The van der Waals surface area contributed by atoms with Gasteiger partial charge in [0, 0.05) is 20.1 Å². The first-order valence-corrected chi connectivity index (χ1v) is 8.10. The molecule has 132 valence electrons. The van der Waals surface area contributed by atoms with Crippen molar-refractivity contribution in [2.24, 2.45) is 12.0 Å². The molecule has 1 aromatic heterocycles. The summed E-state index contributed by atoms with van der Waals surface area (Å²) in [5.41, 5.74) is 1.37. The van der Waals surface area contributed by atoms with Crippen LogP contribution in [0.1, 0.15) is 37.6 Å². The van der Waals surface area contributed by atoms with Gasteiger partial charge in [0.2, 0.25) is 0 Å². The number of hydrogen-bond acceptors (Lipinski definition) is 3. The minimum Gasteiger partial charge on any atom is -0.357 e. The van der Waals surface area contributed by atoms with Crippen molar-refractivity contribution in [3.05, 3.63) is 48.0 Å². The molecule has 7 heteroatoms. The first-order chi connectivity index (χ1) is 11.2. The Morgan fingerprint density at radius 2 is 2.00 bits per heavy atom. The molecule has 0 amide bonds. The zero-order valence-electron chi connectivity index (χ0n) is 14.6. The van der Waals surface area contributed by atoms with Crippen LogP contribution >= 0.6 is 24.0 Å². The number of aromatic nitrogens is 3. The third kappa shape index (κ3) is 6.46. The van der Waals surface area contributed by atoms with Crippen molar-refractivity contribution in [3.63, 3.8) is 0 Å². The highest BCUT2D eigenvalue weighted by Crippen LogP contribution is 2.17. The molecule has 0 fully saturated rings. The maximum Gasteiger partial charge on any atom is 0.191 e. The number of nitrogens with one attached hydrogen (secondary N) is 2. The molecule has 0 aliphatic rings. The largest absolute Gasteiger partial charge is 0.357 e. The van der Waals surface area contributed by atoms with Gasteiger partial charge in [0.05, 0.1) is 0 Å². The van der Waals surface area contributed by atoms with Gasteiger partial charge in [-0.2, -0.15) is 5.10 Å². The second-order valence-electron chi connectivity index (χ2n) is 5.52. The van der Waals surface area contributed by atoms with Crippen molar-refractivity contribution in [2.75, 3.05) is 13.1 Å². The van der Waals surface area contributed by atoms with E-state index < -0.39 is 0 Å². The molecule has 0 saturated heterocycles. The summed E-state index contributed by atoms with van der Waals surface area (Å²) in [7, 11) is 1.87. The fourth-order valence-corrected chi connectivity index (χ4v) is 2.31. The van der Waals surface area contributed by atoms with Gasteiger partial charge in [0.25, 0.3) is 0 Å². The topological polar surface area (TPSA) is 67.1 Å². The molecule has 0 radical (unpaired) electrons. The first kappa shape index (κ1) is 20.4. The van der Waals surface area contributed by atoms with Crippen molar-refractivity contribution < 1.29 is 0 Å². The lowest BCUT2D eigenvalue weighted by Crippen LogP contribution is -2.38. The van der Waals surface area contributed by atoms with Crippen molar-refractivity contribution >= 4 is 29.9 Å². The zero-order valence-corrected chi connectivity index (χ0v) is 16.9. The van der Waals surface area contributed by atoms with Gasteiger partial charge in [-0.25, -0.2) is 9.98 Å². The summed E-state index contributed by atoms with van der Waals surface area (Å²) >= 11 is 0. The number of hydrogen-bond donors (Lipinski definition) is 2. The van der Waals surface area contributed by atoms with Crippen molar-refractivity contribution in [1.29, 1.82) is 0 Å². The molecule has 2 N–H and O–H groups in total. The van der Waals surface area contributed by atoms with Crippen LogP contribution in [0.3, 0.4) is 0 Å². The molecule has 1 aromatic carbocycles. The van der Waals surface area contributed by atoms with E-state index in [1.807, 2.05) is 7.05 Å². The number of nitrogens with zero attached hydrogens (tertiary/aromatic N) is 4. The third-order valence-electron chi connectivity index (χ3n) is 3.77. The molecule has 0 saturated carbocycles. The highest BCUT2D eigenvalue weighted by Gasteiger charge is 2.06. The summed E-state index contributed by atoms with van der Waals surface area (Å²) in [5.74, 6) is 2.18. The normalized spacial score (nSPS) is 12.4. The molecular formula is C17H27IN6. The van der Waals surface area contributed by atoms with Gasteiger partial charge in [0.1, 0.15) is 18.7 Å². The number of guanidine groups is 1. The molecule has 1 atom stereocenters. The second-order valence-corrected chi connectivity index (χ2v) is 5.52. The Morgan fingerprint density at radius 1 is 1.25 bits per heavy atom. The van der Waals surface area contributed by atoms with Crippen LogP contribution < -0.4 is 10.6 Å². The first-order valence-electron chi connectivity index (χ1n) is 8.10. The molecule has 0 aliphatic carbocycles. The van der Waals surface area contributed by atoms with Gasteiger partial charge in [-0.15, -0.1) is 24.0 Å². The van der Waals surface area contributed by atoms with Crippen LogP contribution in [0.5, 0.6) is 0 Å². The smallest absolute Gasteiger partial charge is 0.191 e. The molecule has 0 spiro atoms. The van der Waals surface area contributed by atoms with E-state index >= 15 is 0 Å². The molecule has 2 rings (SSSR count). The van der Waals surface area contributed by atoms with Crippen LogP contribution in [-0.2, 0) is 13.6 Å². The lowest BCUT2D eigenvalue weighted by Gasteiger charge is -2.15. The molecule has 1 unspecified atom stereocenters. The minimum atomic E-state index is 0. The summed E-state index contributed by atoms with van der Waals surface area (Å²) in [5, 5.41) is 10.7. The van der Waals surface area contributed by atoms with Gasteiger partial charge in [-0.05, 0) is 24.8 Å². The average Bonchev–Trinajstić information content (AvgIpc) is 2.98. The molecule has 6 nitrogen and oxygen atoms in total. The van der Waals surface area contributed by atoms with Crippen LogP contribution in [0, 0.1) is 0 Å². The summed E-state index contributed by atoms with van der Waals surface area (Å²) in [6, 6.07) is 10.6. The summed E-state index contributed by atoms with van der Waals surface area (Å²) in [4.78, 5) is 8.74. The van der Waals surface area contributed by atoms with E-state index in [1.54, 1.807) is 11.0 Å². The number of halogens is 1. The van der Waals surface area contributed by atoms with Crippen LogP contribution in [-0.4, -0.2) is 33.8 Å². The SMILES string of the molecule is CCNC(=NCc1ncnn1C)NCCC(C)c1ccccc1.I. The van der Waals surface area contributed by atoms with Gasteiger partial charge < -0.3 is 10.6 Å². The van der Waals surface area contributed by atoms with Gasteiger partial charge in [-0.3, -0.25) is 4.68 Å². The Hall–Kier alpha value is -1.64. The van der Waals surface area contributed by atoms with E-state index in [-0.39, 0.29) is 24.0 Å². The lowest BCUT2D eigenvalue weighted by atomic mass is 9.98. The van der Waals surface area contributed by atoms with E-state index in [0.29, 0.717) is 12.5 Å². The number of aryl methyl sites for hydroxylation is 1. The summed E-state index contributed by atoms with van der Waals surface area (Å²) in [6.07, 6.45) is 2.60. The van der Waals surface area contributed by atoms with E-state index in [1.165, 1.54) is 5.56 Å². The highest BCUT2D eigenvalue weighted by atomic mass is 127. The fraction of sp³-hybridized carbons (Fsp3) is 0.471. The standard InChI is InChI=1S/C17H26N6.HI/c1-4-18-17(20-12-16-21-13-22-23(16)3)19-11-10-14(2)15-8-6-5-7-9-15;/h5-9,13-14H,4,10-12H2,1-3H3,(H2,18,19,20);1H. The number of rotatable bonds is 7. The maximum absolute atomic E-state index is 4.56. The van der Waals surface area contributed by atoms with E-state index in [9.17, 15) is 0 Å². The van der Waals surface area contributed by atoms with Gasteiger partial charge in [-0.1, -0.05) is 37.3 Å². The predicted octanol–water partition coefficient (Wildman–Crippen LogP) is 2.68. The summed E-state index contributed by atoms with van der Waals surface area (Å²) < 4.78 is 1.74. The highest BCUT2D eigenvalue weighted by molar-refractivity contribution is 14.0. The predicted molar refractivity (Wildman–Crippen MR) is 109 cm³/mol. The molecule has 24 heavy (non-hydrogen) atoms. The van der Waals surface area contributed by atoms with Gasteiger partial charge in [0.15, 0.2) is 5.96 Å². The average molecular weight is 442 g/mol. The van der Waals surface area contributed by atoms with Crippen molar-refractivity contribution in [3.8, 4) is 0 Å². The van der Waals surface area contributed by atoms with E-state index in [2.05, 4.69) is 69.9 Å².